The first-order valence-electron chi connectivity index (χ1n) is 8.01. The van der Waals surface area contributed by atoms with Crippen LogP contribution in [0, 0.1) is 5.82 Å². The van der Waals surface area contributed by atoms with Gasteiger partial charge in [0.25, 0.3) is 5.88 Å². The van der Waals surface area contributed by atoms with Gasteiger partial charge in [0, 0.05) is 31.1 Å². The number of aryl methyl sites for hydroxylation is 1. The zero-order chi connectivity index (χ0) is 20.8. The van der Waals surface area contributed by atoms with Crippen LogP contribution in [-0.2, 0) is 19.8 Å². The molecule has 0 spiro atoms. The van der Waals surface area contributed by atoms with Crippen LogP contribution in [0.25, 0.3) is 22.6 Å². The average molecular weight is 428 g/mol. The topological polar surface area (TPSA) is 78.9 Å². The van der Waals surface area contributed by atoms with Crippen molar-refractivity contribution in [2.24, 2.45) is 7.05 Å². The summed E-state index contributed by atoms with van der Waals surface area (Å²) in [6, 6.07) is 2.67. The van der Waals surface area contributed by atoms with Crippen molar-refractivity contribution in [1.82, 2.24) is 24.5 Å². The van der Waals surface area contributed by atoms with Crippen LogP contribution in [0.5, 0.6) is 5.88 Å². The molecule has 0 saturated carbocycles. The van der Waals surface area contributed by atoms with E-state index in [0.717, 1.165) is 16.8 Å². The maximum atomic E-state index is 14.5. The molecule has 0 aromatic carbocycles. The SMILES string of the molecule is Cn1cc(C(F)(F)F)nc1-c1ncc(COc2nc(Cl)nc3ccoc23)cc1F. The second-order valence-corrected chi connectivity index (χ2v) is 6.29. The van der Waals surface area contributed by atoms with Crippen molar-refractivity contribution >= 4 is 22.7 Å². The Labute approximate surface area is 164 Å². The molecule has 4 rings (SSSR count). The van der Waals surface area contributed by atoms with E-state index in [1.807, 2.05) is 0 Å². The Hall–Kier alpha value is -3.21. The molecule has 0 aliphatic heterocycles. The molecule has 0 radical (unpaired) electrons. The molecule has 0 atom stereocenters. The number of furan rings is 1. The number of halogens is 5. The van der Waals surface area contributed by atoms with Gasteiger partial charge in [-0.2, -0.15) is 18.2 Å². The lowest BCUT2D eigenvalue weighted by atomic mass is 10.2. The number of hydrogen-bond donors (Lipinski definition) is 0. The Bertz CT molecular complexity index is 1200. The highest BCUT2D eigenvalue weighted by Gasteiger charge is 2.35. The highest BCUT2D eigenvalue weighted by molar-refractivity contribution is 6.28. The van der Waals surface area contributed by atoms with Gasteiger partial charge < -0.3 is 13.7 Å². The molecule has 0 bridgehead atoms. The number of nitrogens with zero attached hydrogens (tertiary/aromatic N) is 5. The fraction of sp³-hybridized carbons (Fsp3) is 0.176. The minimum absolute atomic E-state index is 0.0520. The number of pyridine rings is 1. The summed E-state index contributed by atoms with van der Waals surface area (Å²) in [5, 5.41) is -0.0520. The normalized spacial score (nSPS) is 11.9. The molecule has 7 nitrogen and oxygen atoms in total. The summed E-state index contributed by atoms with van der Waals surface area (Å²) in [6.07, 6.45) is -1.22. The van der Waals surface area contributed by atoms with E-state index in [0.29, 0.717) is 11.1 Å². The van der Waals surface area contributed by atoms with Gasteiger partial charge in [-0.05, 0) is 17.7 Å². The van der Waals surface area contributed by atoms with Gasteiger partial charge in [0.2, 0.25) is 10.9 Å². The third-order valence-electron chi connectivity index (χ3n) is 3.90. The van der Waals surface area contributed by atoms with Crippen LogP contribution in [0.2, 0.25) is 5.28 Å². The highest BCUT2D eigenvalue weighted by atomic mass is 35.5. The molecular formula is C17H10ClF4N5O2. The van der Waals surface area contributed by atoms with Crippen LogP contribution < -0.4 is 4.74 Å². The van der Waals surface area contributed by atoms with Crippen LogP contribution in [0.4, 0.5) is 17.6 Å². The van der Waals surface area contributed by atoms with Gasteiger partial charge in [-0.15, -0.1) is 0 Å². The number of fused-ring (bicyclic) bond motifs is 1. The maximum absolute atomic E-state index is 14.5. The van der Waals surface area contributed by atoms with Crippen molar-refractivity contribution in [2.75, 3.05) is 0 Å². The lowest BCUT2D eigenvalue weighted by molar-refractivity contribution is -0.140. The van der Waals surface area contributed by atoms with E-state index in [9.17, 15) is 17.6 Å². The first kappa shape index (κ1) is 19.1. The van der Waals surface area contributed by atoms with Crippen molar-refractivity contribution in [1.29, 1.82) is 0 Å². The van der Waals surface area contributed by atoms with E-state index in [4.69, 9.17) is 20.8 Å². The number of aromatic nitrogens is 5. The van der Waals surface area contributed by atoms with E-state index in [2.05, 4.69) is 19.9 Å². The number of imidazole rings is 1. The summed E-state index contributed by atoms with van der Waals surface area (Å²) in [4.78, 5) is 15.2. The van der Waals surface area contributed by atoms with Crippen LogP contribution in [0.15, 0.2) is 35.2 Å². The van der Waals surface area contributed by atoms with E-state index in [1.54, 1.807) is 6.07 Å². The van der Waals surface area contributed by atoms with Gasteiger partial charge in [0.1, 0.15) is 17.8 Å². The fourth-order valence-corrected chi connectivity index (χ4v) is 2.77. The Balaban J connectivity index is 1.58. The van der Waals surface area contributed by atoms with Crippen molar-refractivity contribution < 1.29 is 26.7 Å². The summed E-state index contributed by atoms with van der Waals surface area (Å²) in [6.45, 7) is -0.137. The lowest BCUT2D eigenvalue weighted by Crippen LogP contribution is -2.05. The zero-order valence-corrected chi connectivity index (χ0v) is 15.3. The minimum Gasteiger partial charge on any atom is -0.470 e. The van der Waals surface area contributed by atoms with Gasteiger partial charge in [0.05, 0.1) is 6.26 Å². The lowest BCUT2D eigenvalue weighted by Gasteiger charge is -2.08. The summed E-state index contributed by atoms with van der Waals surface area (Å²) in [5.41, 5.74) is -0.426. The molecule has 0 fully saturated rings. The number of ether oxygens (including phenoxy) is 1. The number of rotatable bonds is 4. The molecule has 0 N–H and O–H groups in total. The molecule has 12 heteroatoms. The Morgan fingerprint density at radius 3 is 2.72 bits per heavy atom. The van der Waals surface area contributed by atoms with Crippen LogP contribution in [-0.4, -0.2) is 24.5 Å². The molecule has 0 aliphatic carbocycles. The molecule has 0 aliphatic rings. The Morgan fingerprint density at radius 2 is 2.03 bits per heavy atom. The molecule has 0 unspecified atom stereocenters. The van der Waals surface area contributed by atoms with Crippen LogP contribution in [0.1, 0.15) is 11.3 Å². The molecule has 0 amide bonds. The van der Waals surface area contributed by atoms with Crippen molar-refractivity contribution in [3.8, 4) is 17.4 Å². The van der Waals surface area contributed by atoms with Crippen molar-refractivity contribution in [3.63, 3.8) is 0 Å². The second-order valence-electron chi connectivity index (χ2n) is 5.95. The summed E-state index contributed by atoms with van der Waals surface area (Å²) in [5.74, 6) is -1.03. The summed E-state index contributed by atoms with van der Waals surface area (Å²) >= 11 is 5.82. The van der Waals surface area contributed by atoms with E-state index in [1.165, 1.54) is 19.5 Å². The fourth-order valence-electron chi connectivity index (χ4n) is 2.60. The number of hydrogen-bond acceptors (Lipinski definition) is 6. The smallest absolute Gasteiger partial charge is 0.434 e. The van der Waals surface area contributed by atoms with Gasteiger partial charge in [-0.1, -0.05) is 0 Å². The highest BCUT2D eigenvalue weighted by Crippen LogP contribution is 2.31. The Morgan fingerprint density at radius 1 is 1.24 bits per heavy atom. The molecule has 4 aromatic heterocycles. The first-order chi connectivity index (χ1) is 13.7. The molecule has 0 saturated heterocycles. The molecule has 150 valence electrons. The minimum atomic E-state index is -4.64. The van der Waals surface area contributed by atoms with Gasteiger partial charge >= 0.3 is 6.18 Å². The molecule has 4 heterocycles. The molecule has 4 aromatic rings. The van der Waals surface area contributed by atoms with Crippen LogP contribution >= 0.6 is 11.6 Å². The predicted molar refractivity (Wildman–Crippen MR) is 92.5 cm³/mol. The third-order valence-corrected chi connectivity index (χ3v) is 4.07. The predicted octanol–water partition coefficient (Wildman–Crippen LogP) is 4.41. The third kappa shape index (κ3) is 3.73. The second kappa shape index (κ2) is 6.99. The van der Waals surface area contributed by atoms with Gasteiger partial charge in [0.15, 0.2) is 17.3 Å². The summed E-state index contributed by atoms with van der Waals surface area (Å²) in [7, 11) is 1.32. The zero-order valence-electron chi connectivity index (χ0n) is 14.5. The quantitative estimate of drug-likeness (QED) is 0.354. The monoisotopic (exact) mass is 427 g/mol. The van der Waals surface area contributed by atoms with E-state index < -0.39 is 17.7 Å². The van der Waals surface area contributed by atoms with Crippen molar-refractivity contribution in [2.45, 2.75) is 12.8 Å². The standard InChI is InChI=1S/C17H10ClF4N5O2/c1-27-6-11(17(20,21)22)25-14(27)12-9(19)4-8(5-23-12)7-29-15-13-10(2-3-28-13)24-16(18)26-15/h2-6H,7H2,1H3. The van der Waals surface area contributed by atoms with E-state index >= 15 is 0 Å². The first-order valence-corrected chi connectivity index (χ1v) is 8.39. The largest absolute Gasteiger partial charge is 0.470 e. The van der Waals surface area contributed by atoms with Gasteiger partial charge in [-0.3, -0.25) is 0 Å². The Kier molecular flexibility index (Phi) is 4.61. The number of alkyl halides is 3. The van der Waals surface area contributed by atoms with Crippen molar-refractivity contribution in [3.05, 3.63) is 53.1 Å². The molecule has 29 heavy (non-hydrogen) atoms. The summed E-state index contributed by atoms with van der Waals surface area (Å²) < 4.78 is 64.7. The maximum Gasteiger partial charge on any atom is 0.434 e. The average Bonchev–Trinajstić information content (AvgIpc) is 3.26. The molecular weight excluding hydrogens is 418 g/mol. The van der Waals surface area contributed by atoms with Crippen LogP contribution in [0.3, 0.4) is 0 Å². The van der Waals surface area contributed by atoms with Gasteiger partial charge in [-0.25, -0.2) is 19.3 Å². The van der Waals surface area contributed by atoms with E-state index in [-0.39, 0.29) is 34.9 Å².